The largest absolute Gasteiger partial charge is 0.355 e. The number of hydrogen-bond donors (Lipinski definition) is 3. The fraction of sp³-hybridized carbons (Fsp3) is 0.300. The van der Waals surface area contributed by atoms with Crippen LogP contribution in [0.15, 0.2) is 53.4 Å². The van der Waals surface area contributed by atoms with Crippen molar-refractivity contribution in [3.63, 3.8) is 0 Å². The summed E-state index contributed by atoms with van der Waals surface area (Å²) in [6.45, 7) is 0.427. The van der Waals surface area contributed by atoms with Crippen LogP contribution in [-0.4, -0.2) is 37.8 Å². The van der Waals surface area contributed by atoms with E-state index in [2.05, 4.69) is 10.6 Å². The summed E-state index contributed by atoms with van der Waals surface area (Å²) in [7, 11) is -3.70. The number of para-hydroxylation sites is 1. The van der Waals surface area contributed by atoms with E-state index in [4.69, 9.17) is 5.14 Å². The molecule has 0 bridgehead atoms. The summed E-state index contributed by atoms with van der Waals surface area (Å²) in [5, 5.41) is 10.6. The first-order valence-electron chi connectivity index (χ1n) is 9.22. The first-order chi connectivity index (χ1) is 13.8. The summed E-state index contributed by atoms with van der Waals surface area (Å²) in [6, 6.07) is 14.0. The van der Waals surface area contributed by atoms with E-state index in [0.29, 0.717) is 19.4 Å². The molecule has 0 saturated carbocycles. The van der Waals surface area contributed by atoms with Crippen LogP contribution in [0.5, 0.6) is 0 Å². The van der Waals surface area contributed by atoms with Crippen molar-refractivity contribution in [3.8, 4) is 0 Å². The van der Waals surface area contributed by atoms with E-state index in [9.17, 15) is 18.0 Å². The minimum absolute atomic E-state index is 0.0607. The van der Waals surface area contributed by atoms with Crippen LogP contribution in [0, 0.1) is 0 Å². The van der Waals surface area contributed by atoms with E-state index < -0.39 is 10.0 Å². The molecule has 0 aliphatic carbocycles. The number of carbonyl (C=O) groups excluding carboxylic acids is 2. The Balaban J connectivity index is 1.42. The molecule has 1 heterocycles. The van der Waals surface area contributed by atoms with Crippen LogP contribution in [-0.2, 0) is 32.5 Å². The summed E-state index contributed by atoms with van der Waals surface area (Å²) in [5.41, 5.74) is 2.85. The first-order valence-corrected chi connectivity index (χ1v) is 11.8. The molecule has 0 saturated heterocycles. The fourth-order valence-corrected chi connectivity index (χ4v) is 4.53. The first kappa shape index (κ1) is 21.4. The number of fused-ring (bicyclic) bond motifs is 1. The molecule has 29 heavy (non-hydrogen) atoms. The van der Waals surface area contributed by atoms with E-state index in [1.165, 1.54) is 23.9 Å². The maximum Gasteiger partial charge on any atom is 0.238 e. The molecule has 1 aliphatic heterocycles. The summed E-state index contributed by atoms with van der Waals surface area (Å²) < 4.78 is 22.5. The third-order valence-corrected chi connectivity index (χ3v) is 6.86. The van der Waals surface area contributed by atoms with Crippen molar-refractivity contribution in [1.82, 2.24) is 5.32 Å². The Bertz CT molecular complexity index is 991. The van der Waals surface area contributed by atoms with Crippen LogP contribution in [0.2, 0.25) is 0 Å². The number of aryl methyl sites for hydroxylation is 1. The van der Waals surface area contributed by atoms with Gasteiger partial charge < -0.3 is 10.6 Å². The zero-order chi connectivity index (χ0) is 20.9. The van der Waals surface area contributed by atoms with E-state index in [1.807, 2.05) is 24.3 Å². The number of sulfonamides is 1. The Morgan fingerprint density at radius 3 is 2.62 bits per heavy atom. The normalized spacial score (nSPS) is 16.4. The number of nitrogens with one attached hydrogen (secondary N) is 2. The average Bonchev–Trinajstić information content (AvgIpc) is 2.84. The molecule has 3 rings (SSSR count). The van der Waals surface area contributed by atoms with Crippen LogP contribution >= 0.6 is 11.8 Å². The van der Waals surface area contributed by atoms with Crippen LogP contribution in [0.25, 0.3) is 0 Å². The topological polar surface area (TPSA) is 118 Å². The maximum absolute atomic E-state index is 12.4. The summed E-state index contributed by atoms with van der Waals surface area (Å²) >= 11 is 1.34. The molecule has 2 aromatic carbocycles. The van der Waals surface area contributed by atoms with E-state index in [-0.39, 0.29) is 27.7 Å². The number of amides is 2. The Morgan fingerprint density at radius 1 is 1.17 bits per heavy atom. The number of primary sulfonamides is 1. The molecule has 4 N–H and O–H groups in total. The van der Waals surface area contributed by atoms with Gasteiger partial charge in [0.05, 0.1) is 15.9 Å². The van der Waals surface area contributed by atoms with Crippen molar-refractivity contribution in [3.05, 3.63) is 59.7 Å². The van der Waals surface area contributed by atoms with Crippen molar-refractivity contribution >= 4 is 39.3 Å². The highest BCUT2D eigenvalue weighted by atomic mass is 32.2. The van der Waals surface area contributed by atoms with Gasteiger partial charge in [0.1, 0.15) is 0 Å². The highest BCUT2D eigenvalue weighted by Gasteiger charge is 2.24. The highest BCUT2D eigenvalue weighted by Crippen LogP contribution is 2.26. The number of carbonyl (C=O) groups is 2. The molecule has 0 spiro atoms. The molecule has 1 aliphatic rings. The SMILES string of the molecule is NS(=O)(=O)c1ccc(CCNC(=O)CS[C@@H]2CCc3ccccc3NC2=O)cc1. The third kappa shape index (κ3) is 6.06. The van der Waals surface area contributed by atoms with Gasteiger partial charge in [-0.2, -0.15) is 0 Å². The van der Waals surface area contributed by atoms with Gasteiger partial charge in [-0.15, -0.1) is 11.8 Å². The standard InChI is InChI=1S/C20H23N3O4S2/c21-29(26,27)16-8-5-14(6-9-16)11-12-22-19(24)13-28-18-10-7-15-3-1-2-4-17(15)23-20(18)25/h1-6,8-9,18H,7,10-13H2,(H,22,24)(H,23,25)(H2,21,26,27)/t18-/m1/s1. The second-order valence-corrected chi connectivity index (χ2v) is 9.53. The van der Waals surface area contributed by atoms with Gasteiger partial charge in [-0.25, -0.2) is 13.6 Å². The minimum Gasteiger partial charge on any atom is -0.355 e. The van der Waals surface area contributed by atoms with Crippen LogP contribution in [0.1, 0.15) is 17.5 Å². The molecule has 0 unspecified atom stereocenters. The molecule has 2 aromatic rings. The molecule has 0 aromatic heterocycles. The van der Waals surface area contributed by atoms with Crippen LogP contribution in [0.4, 0.5) is 5.69 Å². The van der Waals surface area contributed by atoms with Crippen molar-refractivity contribution in [2.24, 2.45) is 5.14 Å². The Morgan fingerprint density at radius 2 is 1.90 bits per heavy atom. The fourth-order valence-electron chi connectivity index (χ4n) is 3.07. The van der Waals surface area contributed by atoms with Gasteiger partial charge >= 0.3 is 0 Å². The average molecular weight is 434 g/mol. The molecule has 9 heteroatoms. The van der Waals surface area contributed by atoms with Crippen molar-refractivity contribution in [2.75, 3.05) is 17.6 Å². The lowest BCUT2D eigenvalue weighted by molar-refractivity contribution is -0.118. The summed E-state index contributed by atoms with van der Waals surface area (Å²) in [6.07, 6.45) is 2.06. The number of benzene rings is 2. The van der Waals surface area contributed by atoms with Crippen molar-refractivity contribution in [2.45, 2.75) is 29.4 Å². The monoisotopic (exact) mass is 433 g/mol. The van der Waals surface area contributed by atoms with E-state index in [1.54, 1.807) is 12.1 Å². The second kappa shape index (κ2) is 9.43. The third-order valence-electron chi connectivity index (χ3n) is 4.65. The lowest BCUT2D eigenvalue weighted by atomic mass is 10.1. The molecule has 0 radical (unpaired) electrons. The summed E-state index contributed by atoms with van der Waals surface area (Å²) in [5.74, 6) is 0.00659. The van der Waals surface area contributed by atoms with Crippen molar-refractivity contribution in [1.29, 1.82) is 0 Å². The summed E-state index contributed by atoms with van der Waals surface area (Å²) in [4.78, 5) is 24.5. The molecule has 154 valence electrons. The number of nitrogens with two attached hydrogens (primary N) is 1. The van der Waals surface area contributed by atoms with Gasteiger partial charge in [-0.1, -0.05) is 30.3 Å². The number of thioether (sulfide) groups is 1. The minimum atomic E-state index is -3.70. The molecule has 1 atom stereocenters. The molecular formula is C20H23N3O4S2. The number of rotatable bonds is 7. The predicted octanol–water partition coefficient (Wildman–Crippen LogP) is 1.68. The Labute approximate surface area is 174 Å². The van der Waals surface area contributed by atoms with Gasteiger partial charge in [0.15, 0.2) is 0 Å². The Hall–Kier alpha value is -2.36. The number of hydrogen-bond acceptors (Lipinski definition) is 5. The number of anilines is 1. The van der Waals surface area contributed by atoms with Crippen molar-refractivity contribution < 1.29 is 18.0 Å². The van der Waals surface area contributed by atoms with Gasteiger partial charge in [-0.3, -0.25) is 9.59 Å². The zero-order valence-electron chi connectivity index (χ0n) is 15.8. The van der Waals surface area contributed by atoms with Gasteiger partial charge in [-0.05, 0) is 48.6 Å². The van der Waals surface area contributed by atoms with Crippen LogP contribution < -0.4 is 15.8 Å². The second-order valence-electron chi connectivity index (χ2n) is 6.77. The molecular weight excluding hydrogens is 410 g/mol. The highest BCUT2D eigenvalue weighted by molar-refractivity contribution is 8.01. The zero-order valence-corrected chi connectivity index (χ0v) is 17.4. The smallest absolute Gasteiger partial charge is 0.238 e. The lowest BCUT2D eigenvalue weighted by Crippen LogP contribution is -2.30. The van der Waals surface area contributed by atoms with Gasteiger partial charge in [0.2, 0.25) is 21.8 Å². The predicted molar refractivity (Wildman–Crippen MR) is 114 cm³/mol. The molecule has 7 nitrogen and oxygen atoms in total. The van der Waals surface area contributed by atoms with E-state index in [0.717, 1.165) is 23.2 Å². The quantitative estimate of drug-likeness (QED) is 0.614. The van der Waals surface area contributed by atoms with Gasteiger partial charge in [0, 0.05) is 12.2 Å². The van der Waals surface area contributed by atoms with Crippen LogP contribution in [0.3, 0.4) is 0 Å². The van der Waals surface area contributed by atoms with E-state index >= 15 is 0 Å². The molecule has 0 fully saturated rings. The molecule has 2 amide bonds. The lowest BCUT2D eigenvalue weighted by Gasteiger charge is -2.13. The Kier molecular flexibility index (Phi) is 6.94. The van der Waals surface area contributed by atoms with Gasteiger partial charge in [0.25, 0.3) is 0 Å². The maximum atomic E-state index is 12.4.